The number of rotatable bonds is 7. The number of amides is 2. The molecule has 142 valence electrons. The van der Waals surface area contributed by atoms with E-state index in [1.165, 1.54) is 0 Å². The maximum atomic E-state index is 12.7. The van der Waals surface area contributed by atoms with E-state index in [9.17, 15) is 9.59 Å². The Balaban J connectivity index is 1.79. The van der Waals surface area contributed by atoms with Crippen LogP contribution < -0.4 is 15.0 Å². The molecule has 0 aromatic heterocycles. The zero-order valence-corrected chi connectivity index (χ0v) is 16.0. The Kier molecular flexibility index (Phi) is 6.12. The van der Waals surface area contributed by atoms with Crippen molar-refractivity contribution in [1.82, 2.24) is 0 Å². The largest absolute Gasteiger partial charge is 0.493 e. The second-order valence-corrected chi connectivity index (χ2v) is 6.63. The highest BCUT2D eigenvalue weighted by atomic mass is 16.5. The minimum atomic E-state index is -0.200. The van der Waals surface area contributed by atoms with Gasteiger partial charge in [0, 0.05) is 24.3 Å². The summed E-state index contributed by atoms with van der Waals surface area (Å²) in [4.78, 5) is 26.8. The van der Waals surface area contributed by atoms with E-state index in [1.807, 2.05) is 42.2 Å². The number of ether oxygens (including phenoxy) is 1. The summed E-state index contributed by atoms with van der Waals surface area (Å²) in [5, 5.41) is 2.95. The molecule has 5 nitrogen and oxygen atoms in total. The second kappa shape index (κ2) is 8.71. The number of nitrogens with one attached hydrogen (secondary N) is 1. The van der Waals surface area contributed by atoms with Crippen molar-refractivity contribution in [3.63, 3.8) is 0 Å². The Bertz CT molecular complexity index is 832. The van der Waals surface area contributed by atoms with E-state index in [4.69, 9.17) is 4.74 Å². The van der Waals surface area contributed by atoms with Gasteiger partial charge in [-0.3, -0.25) is 9.59 Å². The van der Waals surface area contributed by atoms with E-state index in [-0.39, 0.29) is 11.8 Å². The molecule has 27 heavy (non-hydrogen) atoms. The Morgan fingerprint density at radius 2 is 1.96 bits per heavy atom. The van der Waals surface area contributed by atoms with Gasteiger partial charge in [0.25, 0.3) is 5.91 Å². The number of benzene rings is 2. The van der Waals surface area contributed by atoms with E-state index in [0.717, 1.165) is 36.3 Å². The summed E-state index contributed by atoms with van der Waals surface area (Å²) in [6, 6.07) is 13.0. The number of carbonyl (C=O) groups is 2. The quantitative estimate of drug-likeness (QED) is 0.789. The highest BCUT2D eigenvalue weighted by Gasteiger charge is 2.24. The van der Waals surface area contributed by atoms with Crippen molar-refractivity contribution in [2.24, 2.45) is 0 Å². The van der Waals surface area contributed by atoms with Crippen LogP contribution in [0.5, 0.6) is 5.75 Å². The van der Waals surface area contributed by atoms with Crippen molar-refractivity contribution in [2.75, 3.05) is 23.4 Å². The van der Waals surface area contributed by atoms with Gasteiger partial charge in [0.1, 0.15) is 5.75 Å². The third kappa shape index (κ3) is 4.30. The van der Waals surface area contributed by atoms with Crippen LogP contribution in [0.4, 0.5) is 11.4 Å². The van der Waals surface area contributed by atoms with Crippen LogP contribution in [0.2, 0.25) is 0 Å². The fourth-order valence-corrected chi connectivity index (χ4v) is 3.33. The van der Waals surface area contributed by atoms with Gasteiger partial charge < -0.3 is 15.0 Å². The van der Waals surface area contributed by atoms with Crippen LogP contribution in [0.3, 0.4) is 0 Å². The Morgan fingerprint density at radius 3 is 2.74 bits per heavy atom. The molecule has 2 amide bonds. The summed E-state index contributed by atoms with van der Waals surface area (Å²) in [5.41, 5.74) is 3.31. The van der Waals surface area contributed by atoms with Gasteiger partial charge in [-0.2, -0.15) is 0 Å². The SMILES string of the molecule is CCCCN1C(=O)CCc2cc(NC(=O)c3ccccc3OCC)ccc21. The number of para-hydroxylation sites is 1. The minimum Gasteiger partial charge on any atom is -0.493 e. The van der Waals surface area contributed by atoms with E-state index in [1.54, 1.807) is 12.1 Å². The molecule has 0 spiro atoms. The molecule has 3 rings (SSSR count). The van der Waals surface area contributed by atoms with E-state index in [0.29, 0.717) is 30.8 Å². The zero-order chi connectivity index (χ0) is 19.2. The normalized spacial score (nSPS) is 13.3. The van der Waals surface area contributed by atoms with Crippen molar-refractivity contribution in [3.8, 4) is 5.75 Å². The van der Waals surface area contributed by atoms with Crippen LogP contribution in [0, 0.1) is 0 Å². The highest BCUT2D eigenvalue weighted by Crippen LogP contribution is 2.31. The van der Waals surface area contributed by atoms with Crippen molar-refractivity contribution in [1.29, 1.82) is 0 Å². The van der Waals surface area contributed by atoms with Gasteiger partial charge in [-0.05, 0) is 55.7 Å². The molecule has 0 radical (unpaired) electrons. The van der Waals surface area contributed by atoms with E-state index < -0.39 is 0 Å². The van der Waals surface area contributed by atoms with Crippen molar-refractivity contribution in [3.05, 3.63) is 53.6 Å². The first-order chi connectivity index (χ1) is 13.1. The number of hydrogen-bond donors (Lipinski definition) is 1. The van der Waals surface area contributed by atoms with Crippen LogP contribution in [0.1, 0.15) is 49.0 Å². The number of aryl methyl sites for hydroxylation is 1. The van der Waals surface area contributed by atoms with Crippen molar-refractivity contribution in [2.45, 2.75) is 39.5 Å². The number of unbranched alkanes of at least 4 members (excludes halogenated alkanes) is 1. The van der Waals surface area contributed by atoms with Gasteiger partial charge in [0.2, 0.25) is 5.91 Å². The van der Waals surface area contributed by atoms with Gasteiger partial charge in [0.05, 0.1) is 12.2 Å². The van der Waals surface area contributed by atoms with E-state index >= 15 is 0 Å². The fraction of sp³-hybridized carbons (Fsp3) is 0.364. The molecule has 0 aliphatic carbocycles. The molecule has 1 heterocycles. The molecule has 5 heteroatoms. The van der Waals surface area contributed by atoms with Crippen LogP contribution >= 0.6 is 0 Å². The Morgan fingerprint density at radius 1 is 1.15 bits per heavy atom. The standard InChI is InChI=1S/C22H26N2O3/c1-3-5-14-24-19-12-11-17(15-16(19)10-13-21(24)25)23-22(26)18-8-6-7-9-20(18)27-4-2/h6-9,11-12,15H,3-5,10,13-14H2,1-2H3,(H,23,26). The smallest absolute Gasteiger partial charge is 0.259 e. The molecule has 0 bridgehead atoms. The lowest BCUT2D eigenvalue weighted by Crippen LogP contribution is -2.35. The van der Waals surface area contributed by atoms with Gasteiger partial charge in [-0.25, -0.2) is 0 Å². The molecule has 1 aliphatic rings. The second-order valence-electron chi connectivity index (χ2n) is 6.63. The van der Waals surface area contributed by atoms with Gasteiger partial charge in [-0.1, -0.05) is 25.5 Å². The summed E-state index contributed by atoms with van der Waals surface area (Å²) in [6.45, 7) is 5.26. The first-order valence-corrected chi connectivity index (χ1v) is 9.60. The molecule has 0 saturated carbocycles. The maximum Gasteiger partial charge on any atom is 0.259 e. The number of nitrogens with zero attached hydrogens (tertiary/aromatic N) is 1. The third-order valence-electron chi connectivity index (χ3n) is 4.70. The highest BCUT2D eigenvalue weighted by molar-refractivity contribution is 6.06. The molecule has 2 aromatic rings. The first-order valence-electron chi connectivity index (χ1n) is 9.60. The summed E-state index contributed by atoms with van der Waals surface area (Å²) in [6.07, 6.45) is 3.25. The van der Waals surface area contributed by atoms with Gasteiger partial charge in [-0.15, -0.1) is 0 Å². The van der Waals surface area contributed by atoms with Gasteiger partial charge >= 0.3 is 0 Å². The predicted molar refractivity (Wildman–Crippen MR) is 108 cm³/mol. The molecular formula is C22H26N2O3. The Labute approximate surface area is 160 Å². The van der Waals surface area contributed by atoms with Crippen LogP contribution in [-0.4, -0.2) is 25.0 Å². The molecule has 0 saturated heterocycles. The monoisotopic (exact) mass is 366 g/mol. The minimum absolute atomic E-state index is 0.179. The number of anilines is 2. The van der Waals surface area contributed by atoms with Crippen LogP contribution in [-0.2, 0) is 11.2 Å². The lowest BCUT2D eigenvalue weighted by Gasteiger charge is -2.29. The number of fused-ring (bicyclic) bond motifs is 1. The summed E-state index contributed by atoms with van der Waals surface area (Å²) < 4.78 is 5.54. The van der Waals surface area contributed by atoms with E-state index in [2.05, 4.69) is 12.2 Å². The predicted octanol–water partition coefficient (Wildman–Crippen LogP) is 4.42. The van der Waals surface area contributed by atoms with Crippen molar-refractivity contribution >= 4 is 23.2 Å². The number of carbonyl (C=O) groups excluding carboxylic acids is 2. The average Bonchev–Trinajstić information content (AvgIpc) is 2.68. The molecule has 0 unspecified atom stereocenters. The lowest BCUT2D eigenvalue weighted by molar-refractivity contribution is -0.118. The topological polar surface area (TPSA) is 58.6 Å². The molecule has 0 fully saturated rings. The fourth-order valence-electron chi connectivity index (χ4n) is 3.33. The summed E-state index contributed by atoms with van der Waals surface area (Å²) >= 11 is 0. The number of hydrogen-bond acceptors (Lipinski definition) is 3. The average molecular weight is 366 g/mol. The van der Waals surface area contributed by atoms with Gasteiger partial charge in [0.15, 0.2) is 0 Å². The zero-order valence-electron chi connectivity index (χ0n) is 16.0. The lowest BCUT2D eigenvalue weighted by atomic mass is 10.00. The van der Waals surface area contributed by atoms with Crippen LogP contribution in [0.25, 0.3) is 0 Å². The van der Waals surface area contributed by atoms with Crippen molar-refractivity contribution < 1.29 is 14.3 Å². The first kappa shape index (κ1) is 19.0. The molecular weight excluding hydrogens is 340 g/mol. The molecule has 0 atom stereocenters. The summed E-state index contributed by atoms with van der Waals surface area (Å²) in [5.74, 6) is 0.555. The third-order valence-corrected chi connectivity index (χ3v) is 4.70. The maximum absolute atomic E-state index is 12.7. The van der Waals surface area contributed by atoms with Crippen LogP contribution in [0.15, 0.2) is 42.5 Å². The summed E-state index contributed by atoms with van der Waals surface area (Å²) in [7, 11) is 0. The molecule has 1 N–H and O–H groups in total. The molecule has 2 aromatic carbocycles. The Hall–Kier alpha value is -2.82. The molecule has 1 aliphatic heterocycles.